The third-order valence-corrected chi connectivity index (χ3v) is 4.39. The van der Waals surface area contributed by atoms with Crippen molar-refractivity contribution < 1.29 is 9.53 Å². The minimum atomic E-state index is -0.141. The summed E-state index contributed by atoms with van der Waals surface area (Å²) in [5.74, 6) is 0.982. The Balaban J connectivity index is 1.90. The molecule has 1 aliphatic rings. The van der Waals surface area contributed by atoms with E-state index >= 15 is 0 Å². The molecule has 1 unspecified atom stereocenters. The summed E-state index contributed by atoms with van der Waals surface area (Å²) in [5, 5.41) is 3.54. The highest BCUT2D eigenvalue weighted by atomic mass is 35.5. The first-order valence-electron chi connectivity index (χ1n) is 7.42. The van der Waals surface area contributed by atoms with Crippen LogP contribution in [-0.4, -0.2) is 23.6 Å². The molecule has 1 aromatic carbocycles. The Hall–Kier alpha value is -1.94. The summed E-state index contributed by atoms with van der Waals surface area (Å²) in [6.07, 6.45) is 6.17. The summed E-state index contributed by atoms with van der Waals surface area (Å²) in [5.41, 5.74) is 1.26. The van der Waals surface area contributed by atoms with Gasteiger partial charge in [-0.2, -0.15) is 0 Å². The maximum Gasteiger partial charge on any atom is 0.255 e. The van der Waals surface area contributed by atoms with E-state index in [1.807, 2.05) is 36.0 Å². The number of ether oxygens (including phenoxy) is 1. The molecule has 1 fully saturated rings. The van der Waals surface area contributed by atoms with Gasteiger partial charge in [0, 0.05) is 24.5 Å². The van der Waals surface area contributed by atoms with Crippen LogP contribution >= 0.6 is 11.6 Å². The van der Waals surface area contributed by atoms with Crippen LogP contribution in [0.3, 0.4) is 0 Å². The van der Waals surface area contributed by atoms with Crippen molar-refractivity contribution >= 4 is 17.5 Å². The van der Waals surface area contributed by atoms with Crippen LogP contribution in [0.15, 0.2) is 36.7 Å². The molecule has 4 nitrogen and oxygen atoms in total. The van der Waals surface area contributed by atoms with E-state index in [4.69, 9.17) is 16.3 Å². The van der Waals surface area contributed by atoms with Crippen molar-refractivity contribution in [3.05, 3.63) is 47.2 Å². The molecule has 1 aromatic heterocycles. The Morgan fingerprint density at radius 3 is 2.64 bits per heavy atom. The molecule has 116 valence electrons. The minimum absolute atomic E-state index is 0.141. The van der Waals surface area contributed by atoms with E-state index in [-0.39, 0.29) is 11.9 Å². The Morgan fingerprint density at radius 2 is 2.05 bits per heavy atom. The number of nitrogens with one attached hydrogen (secondary N) is 1. The lowest BCUT2D eigenvalue weighted by molar-refractivity contribution is 0.0933. The zero-order valence-corrected chi connectivity index (χ0v) is 13.4. The van der Waals surface area contributed by atoms with Gasteiger partial charge in [-0.05, 0) is 43.9 Å². The Morgan fingerprint density at radius 1 is 1.36 bits per heavy atom. The first kappa shape index (κ1) is 15.0. The van der Waals surface area contributed by atoms with Gasteiger partial charge in [-0.25, -0.2) is 0 Å². The number of methoxy groups -OCH3 is 1. The number of nitrogens with zero attached hydrogens (tertiary/aromatic N) is 1. The number of aromatic nitrogens is 1. The summed E-state index contributed by atoms with van der Waals surface area (Å²) in [6, 6.07) is 7.48. The molecular formula is C17H19ClN2O2. The topological polar surface area (TPSA) is 43.3 Å². The lowest BCUT2D eigenvalue weighted by atomic mass is 10.1. The summed E-state index contributed by atoms with van der Waals surface area (Å²) in [6.45, 7) is 2.04. The van der Waals surface area contributed by atoms with Crippen LogP contribution < -0.4 is 10.1 Å². The molecule has 1 aliphatic carbocycles. The van der Waals surface area contributed by atoms with Crippen molar-refractivity contribution in [3.8, 4) is 11.4 Å². The number of amides is 1. The summed E-state index contributed by atoms with van der Waals surface area (Å²) >= 11 is 6.35. The largest absolute Gasteiger partial charge is 0.496 e. The Kier molecular flexibility index (Phi) is 4.12. The lowest BCUT2D eigenvalue weighted by Gasteiger charge is -2.16. The SMILES string of the molecule is COc1cc(-n2cccc2)c(Cl)cc1C(=O)NC(C)C1CC1. The molecule has 1 atom stereocenters. The van der Waals surface area contributed by atoms with Gasteiger partial charge >= 0.3 is 0 Å². The third kappa shape index (κ3) is 2.97. The second kappa shape index (κ2) is 6.05. The van der Waals surface area contributed by atoms with Gasteiger partial charge in [0.05, 0.1) is 23.4 Å². The van der Waals surface area contributed by atoms with Gasteiger partial charge in [0.1, 0.15) is 5.75 Å². The van der Waals surface area contributed by atoms with Crippen LogP contribution in [0.1, 0.15) is 30.1 Å². The molecule has 2 aromatic rings. The Bertz CT molecular complexity index is 678. The molecule has 0 spiro atoms. The summed E-state index contributed by atoms with van der Waals surface area (Å²) < 4.78 is 7.27. The molecule has 1 N–H and O–H groups in total. The first-order chi connectivity index (χ1) is 10.6. The average Bonchev–Trinajstić information content (AvgIpc) is 3.23. The average molecular weight is 319 g/mol. The van der Waals surface area contributed by atoms with Crippen LogP contribution in [0.5, 0.6) is 5.75 Å². The molecule has 0 aliphatic heterocycles. The van der Waals surface area contributed by atoms with Crippen molar-refractivity contribution in [1.82, 2.24) is 9.88 Å². The quantitative estimate of drug-likeness (QED) is 0.914. The lowest BCUT2D eigenvalue weighted by Crippen LogP contribution is -2.34. The summed E-state index contributed by atoms with van der Waals surface area (Å²) in [4.78, 5) is 12.5. The van der Waals surface area contributed by atoms with E-state index in [0.29, 0.717) is 22.3 Å². The second-order valence-corrected chi connectivity index (χ2v) is 6.10. The number of halogens is 1. The predicted octanol–water partition coefficient (Wildman–Crippen LogP) is 3.67. The highest BCUT2D eigenvalue weighted by molar-refractivity contribution is 6.33. The van der Waals surface area contributed by atoms with Crippen LogP contribution in [0, 0.1) is 5.92 Å². The predicted molar refractivity (Wildman–Crippen MR) is 87.0 cm³/mol. The number of hydrogen-bond donors (Lipinski definition) is 1. The third-order valence-electron chi connectivity index (χ3n) is 4.08. The number of benzene rings is 1. The molecular weight excluding hydrogens is 300 g/mol. The molecule has 0 radical (unpaired) electrons. The zero-order chi connectivity index (χ0) is 15.7. The number of hydrogen-bond acceptors (Lipinski definition) is 2. The van der Waals surface area contributed by atoms with E-state index in [1.165, 1.54) is 12.8 Å². The van der Waals surface area contributed by atoms with E-state index < -0.39 is 0 Å². The molecule has 3 rings (SSSR count). The molecule has 5 heteroatoms. The summed E-state index contributed by atoms with van der Waals surface area (Å²) in [7, 11) is 1.56. The molecule has 1 saturated carbocycles. The second-order valence-electron chi connectivity index (χ2n) is 5.69. The van der Waals surface area contributed by atoms with Gasteiger partial charge in [-0.3, -0.25) is 4.79 Å². The van der Waals surface area contributed by atoms with Crippen LogP contribution in [0.4, 0.5) is 0 Å². The number of carbonyl (C=O) groups excluding carboxylic acids is 1. The van der Waals surface area contributed by atoms with Crippen LogP contribution in [0.2, 0.25) is 5.02 Å². The number of carbonyl (C=O) groups is 1. The standard InChI is InChI=1S/C17H19ClN2O2/c1-11(12-5-6-12)19-17(21)13-9-14(18)15(10-16(13)22-2)20-7-3-4-8-20/h3-4,7-12H,5-6H2,1-2H3,(H,19,21). The number of rotatable bonds is 5. The Labute approximate surface area is 135 Å². The monoisotopic (exact) mass is 318 g/mol. The van der Waals surface area contributed by atoms with Crippen LogP contribution in [0.25, 0.3) is 5.69 Å². The molecule has 22 heavy (non-hydrogen) atoms. The van der Waals surface area contributed by atoms with Gasteiger partial charge in [0.25, 0.3) is 5.91 Å². The van der Waals surface area contributed by atoms with Crippen molar-refractivity contribution in [1.29, 1.82) is 0 Å². The van der Waals surface area contributed by atoms with Gasteiger partial charge in [0.15, 0.2) is 0 Å². The van der Waals surface area contributed by atoms with E-state index in [9.17, 15) is 4.79 Å². The maximum absolute atomic E-state index is 12.5. The van der Waals surface area contributed by atoms with Crippen molar-refractivity contribution in [3.63, 3.8) is 0 Å². The molecule has 0 saturated heterocycles. The van der Waals surface area contributed by atoms with E-state index in [2.05, 4.69) is 5.32 Å². The smallest absolute Gasteiger partial charge is 0.255 e. The first-order valence-corrected chi connectivity index (χ1v) is 7.79. The molecule has 0 bridgehead atoms. The van der Waals surface area contributed by atoms with Gasteiger partial charge in [-0.15, -0.1) is 0 Å². The molecule has 1 heterocycles. The van der Waals surface area contributed by atoms with Crippen molar-refractivity contribution in [2.45, 2.75) is 25.8 Å². The van der Waals surface area contributed by atoms with Gasteiger partial charge in [0.2, 0.25) is 0 Å². The van der Waals surface area contributed by atoms with Crippen molar-refractivity contribution in [2.75, 3.05) is 7.11 Å². The van der Waals surface area contributed by atoms with Crippen LogP contribution in [-0.2, 0) is 0 Å². The van der Waals surface area contributed by atoms with Gasteiger partial charge < -0.3 is 14.6 Å². The fraction of sp³-hybridized carbons (Fsp3) is 0.353. The zero-order valence-electron chi connectivity index (χ0n) is 12.7. The maximum atomic E-state index is 12.5. The minimum Gasteiger partial charge on any atom is -0.496 e. The fourth-order valence-corrected chi connectivity index (χ4v) is 2.84. The highest BCUT2D eigenvalue weighted by Crippen LogP contribution is 2.33. The van der Waals surface area contributed by atoms with E-state index in [1.54, 1.807) is 19.2 Å². The normalized spacial score (nSPS) is 15.4. The van der Waals surface area contributed by atoms with Gasteiger partial charge in [-0.1, -0.05) is 11.6 Å². The fourth-order valence-electron chi connectivity index (χ4n) is 2.58. The highest BCUT2D eigenvalue weighted by Gasteiger charge is 2.29. The van der Waals surface area contributed by atoms with E-state index in [0.717, 1.165) is 5.69 Å². The van der Waals surface area contributed by atoms with Crippen molar-refractivity contribution in [2.24, 2.45) is 5.92 Å². The molecule has 1 amide bonds.